The predicted octanol–water partition coefficient (Wildman–Crippen LogP) is 3.06. The summed E-state index contributed by atoms with van der Waals surface area (Å²) in [5, 5.41) is 7.50. The summed E-state index contributed by atoms with van der Waals surface area (Å²) >= 11 is 0. The number of aryl methyl sites for hydroxylation is 2. The molecule has 2 heterocycles. The van der Waals surface area contributed by atoms with E-state index in [-0.39, 0.29) is 5.91 Å². The third kappa shape index (κ3) is 3.85. The van der Waals surface area contributed by atoms with E-state index in [1.165, 1.54) is 6.92 Å². The number of carbonyl (C=O) groups is 1. The van der Waals surface area contributed by atoms with Crippen LogP contribution in [0.5, 0.6) is 0 Å². The van der Waals surface area contributed by atoms with Crippen molar-refractivity contribution in [2.45, 2.75) is 39.7 Å². The van der Waals surface area contributed by atoms with E-state index in [1.54, 1.807) is 7.11 Å². The lowest BCUT2D eigenvalue weighted by Gasteiger charge is -2.27. The fourth-order valence-corrected chi connectivity index (χ4v) is 3.59. The zero-order valence-corrected chi connectivity index (χ0v) is 15.4. The highest BCUT2D eigenvalue weighted by Crippen LogP contribution is 2.31. The number of ether oxygens (including phenoxy) is 1. The van der Waals surface area contributed by atoms with E-state index in [4.69, 9.17) is 4.74 Å². The fraction of sp³-hybridized carbons (Fsp3) is 0.474. The maximum Gasteiger partial charge on any atom is 0.221 e. The van der Waals surface area contributed by atoms with E-state index < -0.39 is 0 Å². The van der Waals surface area contributed by atoms with Gasteiger partial charge in [-0.1, -0.05) is 0 Å². The Balaban J connectivity index is 2.04. The SMILES string of the molecule is COC[C@@H]1CCCN1c1cc(NC(C)=O)cc(-n2nc(C)cc2C)c1. The van der Waals surface area contributed by atoms with Gasteiger partial charge in [-0.15, -0.1) is 0 Å². The summed E-state index contributed by atoms with van der Waals surface area (Å²) in [6, 6.07) is 8.55. The molecule has 1 aliphatic heterocycles. The maximum atomic E-state index is 11.6. The van der Waals surface area contributed by atoms with Crippen molar-refractivity contribution in [2.24, 2.45) is 0 Å². The molecule has 0 unspecified atom stereocenters. The molecule has 6 heteroatoms. The molecule has 1 fully saturated rings. The van der Waals surface area contributed by atoms with Crippen LogP contribution in [0.3, 0.4) is 0 Å². The Morgan fingerprint density at radius 2 is 2.04 bits per heavy atom. The largest absolute Gasteiger partial charge is 0.383 e. The lowest BCUT2D eigenvalue weighted by molar-refractivity contribution is -0.114. The number of nitrogens with zero attached hydrogens (tertiary/aromatic N) is 3. The second-order valence-electron chi connectivity index (χ2n) is 6.70. The van der Waals surface area contributed by atoms with Crippen molar-refractivity contribution in [3.8, 4) is 5.69 Å². The van der Waals surface area contributed by atoms with Gasteiger partial charge in [0.05, 0.1) is 24.0 Å². The summed E-state index contributed by atoms with van der Waals surface area (Å²) in [4.78, 5) is 13.9. The molecule has 1 aliphatic rings. The normalized spacial score (nSPS) is 17.1. The molecule has 1 aromatic carbocycles. The minimum absolute atomic E-state index is 0.0775. The van der Waals surface area contributed by atoms with Gasteiger partial charge in [0.25, 0.3) is 0 Å². The number of hydrogen-bond donors (Lipinski definition) is 1. The molecule has 6 nitrogen and oxygen atoms in total. The van der Waals surface area contributed by atoms with Crippen molar-refractivity contribution >= 4 is 17.3 Å². The highest BCUT2D eigenvalue weighted by molar-refractivity contribution is 5.89. The smallest absolute Gasteiger partial charge is 0.221 e. The van der Waals surface area contributed by atoms with Crippen molar-refractivity contribution in [2.75, 3.05) is 30.5 Å². The molecule has 0 bridgehead atoms. The third-order valence-corrected chi connectivity index (χ3v) is 4.54. The molecule has 0 aliphatic carbocycles. The molecule has 1 saturated heterocycles. The van der Waals surface area contributed by atoms with Crippen LogP contribution in [0, 0.1) is 13.8 Å². The summed E-state index contributed by atoms with van der Waals surface area (Å²) in [6.07, 6.45) is 2.26. The van der Waals surface area contributed by atoms with Gasteiger partial charge in [0.2, 0.25) is 5.91 Å². The minimum atomic E-state index is -0.0775. The van der Waals surface area contributed by atoms with Crippen molar-refractivity contribution in [1.82, 2.24) is 9.78 Å². The number of rotatable bonds is 5. The Kier molecular flexibility index (Phi) is 5.08. The van der Waals surface area contributed by atoms with Gasteiger partial charge in [-0.25, -0.2) is 4.68 Å². The number of aromatic nitrogens is 2. The summed E-state index contributed by atoms with van der Waals surface area (Å²) in [5.41, 5.74) is 4.87. The predicted molar refractivity (Wildman–Crippen MR) is 99.6 cm³/mol. The Morgan fingerprint density at radius 1 is 1.28 bits per heavy atom. The first-order valence-corrected chi connectivity index (χ1v) is 8.70. The molecule has 1 atom stereocenters. The molecule has 134 valence electrons. The number of benzene rings is 1. The van der Waals surface area contributed by atoms with Crippen LogP contribution in [0.25, 0.3) is 5.69 Å². The lowest BCUT2D eigenvalue weighted by Crippen LogP contribution is -2.32. The van der Waals surface area contributed by atoms with Gasteiger partial charge in [-0.2, -0.15) is 5.10 Å². The van der Waals surface area contributed by atoms with E-state index >= 15 is 0 Å². The number of amides is 1. The number of methoxy groups -OCH3 is 1. The van der Waals surface area contributed by atoms with Gasteiger partial charge < -0.3 is 15.0 Å². The standard InChI is InChI=1S/C19H26N4O2/c1-13-8-14(2)23(21-13)19-10-16(20-15(3)24)9-18(11-19)22-7-5-6-17(22)12-25-4/h8-11,17H,5-7,12H2,1-4H3,(H,20,24)/t17-/m0/s1. The van der Waals surface area contributed by atoms with Crippen LogP contribution in [-0.2, 0) is 9.53 Å². The zero-order chi connectivity index (χ0) is 18.0. The highest BCUT2D eigenvalue weighted by atomic mass is 16.5. The third-order valence-electron chi connectivity index (χ3n) is 4.54. The highest BCUT2D eigenvalue weighted by Gasteiger charge is 2.25. The number of anilines is 2. The number of nitrogens with one attached hydrogen (secondary N) is 1. The molecule has 2 aromatic rings. The average Bonchev–Trinajstić information content (AvgIpc) is 3.13. The molecule has 25 heavy (non-hydrogen) atoms. The van der Waals surface area contributed by atoms with Gasteiger partial charge in [0, 0.05) is 37.6 Å². The van der Waals surface area contributed by atoms with Gasteiger partial charge in [-0.05, 0) is 51.0 Å². The molecule has 0 saturated carbocycles. The number of carbonyl (C=O) groups excluding carboxylic acids is 1. The van der Waals surface area contributed by atoms with Crippen LogP contribution < -0.4 is 10.2 Å². The summed E-state index contributed by atoms with van der Waals surface area (Å²) < 4.78 is 7.30. The van der Waals surface area contributed by atoms with Crippen LogP contribution in [0.15, 0.2) is 24.3 Å². The maximum absolute atomic E-state index is 11.6. The quantitative estimate of drug-likeness (QED) is 0.907. The monoisotopic (exact) mass is 342 g/mol. The second-order valence-corrected chi connectivity index (χ2v) is 6.70. The molecular weight excluding hydrogens is 316 g/mol. The van der Waals surface area contributed by atoms with E-state index in [1.807, 2.05) is 36.7 Å². The molecule has 0 radical (unpaired) electrons. The first kappa shape index (κ1) is 17.5. The zero-order valence-electron chi connectivity index (χ0n) is 15.4. The van der Waals surface area contributed by atoms with E-state index in [9.17, 15) is 4.79 Å². The molecule has 1 aromatic heterocycles. The summed E-state index contributed by atoms with van der Waals surface area (Å²) in [6.45, 7) is 7.25. The van der Waals surface area contributed by atoms with Gasteiger partial charge in [-0.3, -0.25) is 4.79 Å². The Hall–Kier alpha value is -2.34. The van der Waals surface area contributed by atoms with Crippen LogP contribution >= 0.6 is 0 Å². The van der Waals surface area contributed by atoms with Crippen LogP contribution in [0.1, 0.15) is 31.2 Å². The van der Waals surface area contributed by atoms with Crippen LogP contribution in [-0.4, -0.2) is 42.0 Å². The summed E-state index contributed by atoms with van der Waals surface area (Å²) in [7, 11) is 1.74. The Bertz CT molecular complexity index is 769. The molecule has 1 N–H and O–H groups in total. The first-order valence-electron chi connectivity index (χ1n) is 8.70. The Labute approximate surface area is 148 Å². The van der Waals surface area contributed by atoms with Crippen molar-refractivity contribution in [3.63, 3.8) is 0 Å². The van der Waals surface area contributed by atoms with E-state index in [0.717, 1.165) is 47.8 Å². The fourth-order valence-electron chi connectivity index (χ4n) is 3.59. The van der Waals surface area contributed by atoms with E-state index in [2.05, 4.69) is 21.4 Å². The summed E-state index contributed by atoms with van der Waals surface area (Å²) in [5.74, 6) is -0.0775. The average molecular weight is 342 g/mol. The number of hydrogen-bond acceptors (Lipinski definition) is 4. The molecular formula is C19H26N4O2. The van der Waals surface area contributed by atoms with Crippen LogP contribution in [0.2, 0.25) is 0 Å². The topological polar surface area (TPSA) is 59.4 Å². The van der Waals surface area contributed by atoms with Crippen LogP contribution in [0.4, 0.5) is 11.4 Å². The van der Waals surface area contributed by atoms with Crippen molar-refractivity contribution in [3.05, 3.63) is 35.7 Å². The van der Waals surface area contributed by atoms with E-state index in [0.29, 0.717) is 12.6 Å². The minimum Gasteiger partial charge on any atom is -0.383 e. The second kappa shape index (κ2) is 7.27. The first-order chi connectivity index (χ1) is 12.0. The molecule has 3 rings (SSSR count). The molecule has 0 spiro atoms. The van der Waals surface area contributed by atoms with Crippen molar-refractivity contribution in [1.29, 1.82) is 0 Å². The lowest BCUT2D eigenvalue weighted by atomic mass is 10.2. The van der Waals surface area contributed by atoms with Crippen molar-refractivity contribution < 1.29 is 9.53 Å². The van der Waals surface area contributed by atoms with Gasteiger partial charge in [0.1, 0.15) is 0 Å². The van der Waals surface area contributed by atoms with Gasteiger partial charge in [0.15, 0.2) is 0 Å². The molecule has 1 amide bonds. The van der Waals surface area contributed by atoms with Gasteiger partial charge >= 0.3 is 0 Å². The Morgan fingerprint density at radius 3 is 2.68 bits per heavy atom.